The maximum Gasteiger partial charge on any atom is 0.229 e. The summed E-state index contributed by atoms with van der Waals surface area (Å²) in [5.74, 6) is -2.71. The molecule has 13 N–H and O–H groups in total. The molecule has 1 aromatic heterocycles. The number of ether oxygens (including phenoxy) is 5. The summed E-state index contributed by atoms with van der Waals surface area (Å²) in [7, 11) is 0. The Labute approximate surface area is 298 Å². The minimum atomic E-state index is -2.05. The van der Waals surface area contributed by atoms with Crippen LogP contribution in [0.15, 0.2) is 39.5 Å². The fraction of sp³-hybridized carbons (Fsp3) is 0.545. The van der Waals surface area contributed by atoms with Gasteiger partial charge in [-0.05, 0) is 25.1 Å². The summed E-state index contributed by atoms with van der Waals surface area (Å²) >= 11 is 0. The number of hydrogen-bond donors (Lipinski definition) is 13. The van der Waals surface area contributed by atoms with Gasteiger partial charge in [0.25, 0.3) is 0 Å². The monoisotopic (exact) mass is 756 g/mol. The minimum Gasteiger partial charge on any atom is -0.506 e. The molecule has 0 saturated carbocycles. The number of rotatable bonds is 8. The highest BCUT2D eigenvalue weighted by Crippen LogP contribution is 2.46. The molecule has 0 radical (unpaired) electrons. The Morgan fingerprint density at radius 3 is 2.00 bits per heavy atom. The third-order valence-electron chi connectivity index (χ3n) is 9.58. The van der Waals surface area contributed by atoms with Crippen molar-refractivity contribution in [2.24, 2.45) is 0 Å². The smallest absolute Gasteiger partial charge is 0.229 e. The third-order valence-corrected chi connectivity index (χ3v) is 9.58. The van der Waals surface area contributed by atoms with Crippen molar-refractivity contribution in [3.63, 3.8) is 0 Å². The molecule has 20 nitrogen and oxygen atoms in total. The molecule has 0 bridgehead atoms. The van der Waals surface area contributed by atoms with Crippen LogP contribution in [0.4, 0.5) is 0 Å². The Morgan fingerprint density at radius 2 is 1.32 bits per heavy atom. The van der Waals surface area contributed by atoms with Crippen molar-refractivity contribution >= 4 is 11.0 Å². The number of aromatic hydroxyl groups is 3. The highest BCUT2D eigenvalue weighted by molar-refractivity contribution is 5.88. The molecule has 2 aromatic carbocycles. The largest absolute Gasteiger partial charge is 0.506 e. The van der Waals surface area contributed by atoms with Crippen LogP contribution in [-0.4, -0.2) is 165 Å². The van der Waals surface area contributed by atoms with Gasteiger partial charge in [0, 0.05) is 17.7 Å². The summed E-state index contributed by atoms with van der Waals surface area (Å²) in [6.45, 7) is -0.138. The highest BCUT2D eigenvalue weighted by atomic mass is 16.7. The summed E-state index contributed by atoms with van der Waals surface area (Å²) in [6, 6.07) is 5.45. The molecule has 3 aliphatic rings. The lowest BCUT2D eigenvalue weighted by atomic mass is 9.89. The second kappa shape index (κ2) is 15.2. The first-order chi connectivity index (χ1) is 25.0. The van der Waals surface area contributed by atoms with Gasteiger partial charge in [0.15, 0.2) is 23.2 Å². The van der Waals surface area contributed by atoms with E-state index in [1.807, 2.05) is 0 Å². The quantitative estimate of drug-likeness (QED) is 0.0978. The van der Waals surface area contributed by atoms with E-state index >= 15 is 0 Å². The van der Waals surface area contributed by atoms with Gasteiger partial charge in [-0.25, -0.2) is 0 Å². The molecule has 20 heteroatoms. The molecule has 0 amide bonds. The van der Waals surface area contributed by atoms with Crippen LogP contribution in [-0.2, 0) is 18.9 Å². The molecular weight excluding hydrogens is 716 g/mol. The van der Waals surface area contributed by atoms with Crippen molar-refractivity contribution in [1.29, 1.82) is 0 Å². The molecule has 3 aliphatic heterocycles. The first-order valence-corrected chi connectivity index (χ1v) is 16.4. The van der Waals surface area contributed by atoms with Gasteiger partial charge in [-0.3, -0.25) is 4.79 Å². The Hall–Kier alpha value is -3.71. The SMILES string of the molecule is C[C@H]1O[C@@H](OC[C@H]2O[C@@H](Oc3cc4oc(-c5ccc(O)c(O)c5)cc(=O)c4c(O)c3[C@@H]3O[C@@H](CO)[C@@H](O)[C@H](O)[C@H]3O)[C@H](O)[C@@H](O)[C@@H]2O)[C@H](O)[C@@H](O)[C@H]1O. The van der Waals surface area contributed by atoms with E-state index in [0.29, 0.717) is 0 Å². The minimum absolute atomic E-state index is 0.105. The molecule has 3 fully saturated rings. The number of aliphatic hydroxyl groups excluding tert-OH is 10. The second-order valence-electron chi connectivity index (χ2n) is 13.1. The van der Waals surface area contributed by atoms with Crippen molar-refractivity contribution in [3.05, 3.63) is 46.1 Å². The summed E-state index contributed by atoms with van der Waals surface area (Å²) in [6.07, 6.45) is -26.0. The molecule has 53 heavy (non-hydrogen) atoms. The summed E-state index contributed by atoms with van der Waals surface area (Å²) in [5.41, 5.74) is -1.74. The van der Waals surface area contributed by atoms with Gasteiger partial charge < -0.3 is 94.5 Å². The predicted molar refractivity (Wildman–Crippen MR) is 171 cm³/mol. The highest BCUT2D eigenvalue weighted by Gasteiger charge is 2.50. The molecular formula is C33H40O20. The zero-order valence-electron chi connectivity index (χ0n) is 27.6. The number of aliphatic hydroxyl groups is 10. The van der Waals surface area contributed by atoms with Crippen LogP contribution in [0.3, 0.4) is 0 Å². The van der Waals surface area contributed by atoms with Crippen LogP contribution in [0.1, 0.15) is 18.6 Å². The van der Waals surface area contributed by atoms with E-state index in [9.17, 15) is 71.2 Å². The third kappa shape index (κ3) is 7.15. The van der Waals surface area contributed by atoms with Crippen molar-refractivity contribution in [2.45, 2.75) is 98.9 Å². The maximum atomic E-state index is 13.5. The van der Waals surface area contributed by atoms with Gasteiger partial charge in [0.05, 0.1) is 24.9 Å². The van der Waals surface area contributed by atoms with Crippen molar-refractivity contribution in [2.75, 3.05) is 13.2 Å². The second-order valence-corrected chi connectivity index (χ2v) is 13.1. The van der Waals surface area contributed by atoms with Crippen LogP contribution in [0.2, 0.25) is 0 Å². The summed E-state index contributed by atoms with van der Waals surface area (Å²) < 4.78 is 34.0. The molecule has 15 atom stereocenters. The van der Waals surface area contributed by atoms with E-state index in [4.69, 9.17) is 28.1 Å². The van der Waals surface area contributed by atoms with Gasteiger partial charge in [0.1, 0.15) is 101 Å². The molecule has 0 spiro atoms. The lowest BCUT2D eigenvalue weighted by Gasteiger charge is -2.43. The first kappa shape index (κ1) is 39.0. The van der Waals surface area contributed by atoms with E-state index in [0.717, 1.165) is 24.3 Å². The van der Waals surface area contributed by atoms with Gasteiger partial charge in [-0.15, -0.1) is 0 Å². The Morgan fingerprint density at radius 1 is 0.679 bits per heavy atom. The lowest BCUT2D eigenvalue weighted by molar-refractivity contribution is -0.318. The number of fused-ring (bicyclic) bond motifs is 1. The standard InChI is InChI=1S/C33H40O20/c1-9-21(38)25(42)29(46)32(49-9)48-8-18-23(40)27(44)30(47)33(53-18)52-16-6-15-19(13(37)5-14(50-15)10-2-3-11(35)12(36)4-10)24(41)20(16)31-28(45)26(43)22(39)17(7-34)51-31/h2-6,9,17-18,21-23,25-36,38-47H,7-8H2,1H3/t9-,17+,18-,21+,22-,23-,25+,26+,27+,28-,29-,30-,31+,32-,33-/m1/s1. The Bertz CT molecular complexity index is 1830. The molecule has 0 unspecified atom stereocenters. The first-order valence-electron chi connectivity index (χ1n) is 16.4. The van der Waals surface area contributed by atoms with Gasteiger partial charge in [-0.1, -0.05) is 0 Å². The summed E-state index contributed by atoms with van der Waals surface area (Å²) in [5, 5.41) is 135. The van der Waals surface area contributed by atoms with Gasteiger partial charge in [-0.2, -0.15) is 0 Å². The molecule has 292 valence electrons. The van der Waals surface area contributed by atoms with E-state index in [1.165, 1.54) is 13.0 Å². The normalized spacial score (nSPS) is 37.8. The average Bonchev–Trinajstić information content (AvgIpc) is 3.12. The van der Waals surface area contributed by atoms with Crippen LogP contribution in [0.25, 0.3) is 22.3 Å². The Kier molecular flexibility index (Phi) is 11.2. The molecule has 3 saturated heterocycles. The maximum absolute atomic E-state index is 13.5. The fourth-order valence-corrected chi connectivity index (χ4v) is 6.44. The number of phenolic OH excluding ortho intramolecular Hbond substituents is 3. The average molecular weight is 757 g/mol. The lowest BCUT2D eigenvalue weighted by Crippen LogP contribution is -2.61. The zero-order valence-corrected chi connectivity index (χ0v) is 27.6. The van der Waals surface area contributed by atoms with E-state index in [1.54, 1.807) is 0 Å². The van der Waals surface area contributed by atoms with Gasteiger partial charge in [0.2, 0.25) is 6.29 Å². The number of hydrogen-bond acceptors (Lipinski definition) is 20. The molecule has 3 aromatic rings. The zero-order chi connectivity index (χ0) is 38.6. The van der Waals surface area contributed by atoms with E-state index < -0.39 is 150 Å². The number of phenols is 3. The van der Waals surface area contributed by atoms with Crippen LogP contribution in [0, 0.1) is 0 Å². The predicted octanol–water partition coefficient (Wildman–Crippen LogP) is -3.88. The van der Waals surface area contributed by atoms with Crippen LogP contribution in [0.5, 0.6) is 23.0 Å². The molecule has 6 rings (SSSR count). The number of benzene rings is 2. The molecule has 0 aliphatic carbocycles. The van der Waals surface area contributed by atoms with E-state index in [2.05, 4.69) is 0 Å². The van der Waals surface area contributed by atoms with E-state index in [-0.39, 0.29) is 11.3 Å². The molecule has 4 heterocycles. The van der Waals surface area contributed by atoms with Crippen LogP contribution < -0.4 is 10.2 Å². The Balaban J connectivity index is 1.39. The fourth-order valence-electron chi connectivity index (χ4n) is 6.44. The topological polar surface area (TPSA) is 339 Å². The van der Waals surface area contributed by atoms with Crippen molar-refractivity contribution < 1.29 is 94.5 Å². The summed E-state index contributed by atoms with van der Waals surface area (Å²) in [4.78, 5) is 13.5. The van der Waals surface area contributed by atoms with Crippen LogP contribution >= 0.6 is 0 Å². The van der Waals surface area contributed by atoms with Crippen molar-refractivity contribution in [1.82, 2.24) is 0 Å². The van der Waals surface area contributed by atoms with Crippen molar-refractivity contribution in [3.8, 4) is 34.3 Å². The van der Waals surface area contributed by atoms with Gasteiger partial charge >= 0.3 is 0 Å².